The Morgan fingerprint density at radius 2 is 1.68 bits per heavy atom. The van der Waals surface area contributed by atoms with E-state index >= 15 is 0 Å². The van der Waals surface area contributed by atoms with Crippen LogP contribution in [0.25, 0.3) is 22.5 Å². The maximum Gasteiger partial charge on any atom is 0.229 e. The Morgan fingerprint density at radius 1 is 0.935 bits per heavy atom. The van der Waals surface area contributed by atoms with Crippen molar-refractivity contribution >= 4 is 38.2 Å². The summed E-state index contributed by atoms with van der Waals surface area (Å²) in [5, 5.41) is 8.95. The summed E-state index contributed by atoms with van der Waals surface area (Å²) < 4.78 is 27.2. The minimum atomic E-state index is -3.29. The van der Waals surface area contributed by atoms with Gasteiger partial charge in [0, 0.05) is 22.8 Å². The van der Waals surface area contributed by atoms with Crippen molar-refractivity contribution in [1.82, 2.24) is 14.8 Å². The van der Waals surface area contributed by atoms with Gasteiger partial charge in [0.25, 0.3) is 0 Å². The summed E-state index contributed by atoms with van der Waals surface area (Å²) in [4.78, 5) is 0. The van der Waals surface area contributed by atoms with E-state index < -0.39 is 10.0 Å². The molecule has 2 N–H and O–H groups in total. The number of nitrogens with one attached hydrogen (secondary N) is 2. The molecule has 156 valence electrons. The highest BCUT2D eigenvalue weighted by Crippen LogP contribution is 2.27. The van der Waals surface area contributed by atoms with E-state index in [0.29, 0.717) is 12.2 Å². The van der Waals surface area contributed by atoms with E-state index in [1.54, 1.807) is 12.1 Å². The van der Waals surface area contributed by atoms with Crippen molar-refractivity contribution in [2.24, 2.45) is 0 Å². The highest BCUT2D eigenvalue weighted by molar-refractivity contribution is 7.92. The lowest BCUT2D eigenvalue weighted by Gasteiger charge is -2.26. The van der Waals surface area contributed by atoms with Gasteiger partial charge in [0.2, 0.25) is 10.0 Å². The molecule has 4 aromatic rings. The van der Waals surface area contributed by atoms with Crippen LogP contribution >= 0.6 is 0 Å². The molecule has 7 nitrogen and oxygen atoms in total. The topological polar surface area (TPSA) is 79.3 Å². The molecule has 0 atom stereocenters. The molecule has 0 saturated carbocycles. The van der Waals surface area contributed by atoms with Crippen molar-refractivity contribution in [2.75, 3.05) is 16.4 Å². The first kappa shape index (κ1) is 19.2. The summed E-state index contributed by atoms with van der Waals surface area (Å²) in [5.74, 6) is 0. The number of rotatable bonds is 5. The van der Waals surface area contributed by atoms with Crippen LogP contribution in [0.5, 0.6) is 0 Å². The standard InChI is InChI=1S/C23H21N5O2S/c1-31(29,30)26-20-11-9-19(10-12-20)25-27-14-13-18-15-24-28(23(18)16-27)22-8-4-6-17-5-2-3-7-21(17)22/h2-15,25-26H,16H2,1H3. The van der Waals surface area contributed by atoms with Crippen molar-refractivity contribution in [3.63, 3.8) is 0 Å². The fourth-order valence-corrected chi connectivity index (χ4v) is 4.30. The van der Waals surface area contributed by atoms with Crippen LogP contribution in [0, 0.1) is 0 Å². The molecule has 1 aliphatic heterocycles. The van der Waals surface area contributed by atoms with Gasteiger partial charge in [-0.1, -0.05) is 36.4 Å². The molecule has 0 bridgehead atoms. The normalized spacial score (nSPS) is 13.3. The highest BCUT2D eigenvalue weighted by Gasteiger charge is 2.18. The molecule has 0 spiro atoms. The summed E-state index contributed by atoms with van der Waals surface area (Å²) in [6, 6.07) is 21.6. The van der Waals surface area contributed by atoms with Crippen LogP contribution in [0.2, 0.25) is 0 Å². The van der Waals surface area contributed by atoms with Crippen LogP contribution in [-0.4, -0.2) is 29.5 Å². The van der Waals surface area contributed by atoms with E-state index in [2.05, 4.69) is 39.5 Å². The summed E-state index contributed by atoms with van der Waals surface area (Å²) in [7, 11) is -3.29. The second kappa shape index (κ2) is 7.48. The average molecular weight is 432 g/mol. The van der Waals surface area contributed by atoms with Crippen LogP contribution in [0.3, 0.4) is 0 Å². The van der Waals surface area contributed by atoms with Gasteiger partial charge in [-0.05, 0) is 41.8 Å². The van der Waals surface area contributed by atoms with E-state index in [4.69, 9.17) is 0 Å². The molecule has 0 saturated heterocycles. The van der Waals surface area contributed by atoms with E-state index in [1.807, 2.05) is 58.5 Å². The molecule has 1 aromatic heterocycles. The Bertz CT molecular complexity index is 1390. The Morgan fingerprint density at radius 3 is 2.48 bits per heavy atom. The minimum absolute atomic E-state index is 0.526. The smallest absolute Gasteiger partial charge is 0.229 e. The molecular weight excluding hydrogens is 410 g/mol. The third-order valence-corrected chi connectivity index (χ3v) is 5.72. The predicted octanol–water partition coefficient (Wildman–Crippen LogP) is 4.21. The maximum absolute atomic E-state index is 11.4. The molecule has 1 aliphatic rings. The Kier molecular flexibility index (Phi) is 4.63. The zero-order valence-corrected chi connectivity index (χ0v) is 17.7. The number of anilines is 2. The quantitative estimate of drug-likeness (QED) is 0.495. The van der Waals surface area contributed by atoms with Gasteiger partial charge in [0.1, 0.15) is 0 Å². The molecule has 8 heteroatoms. The van der Waals surface area contributed by atoms with E-state index in [0.717, 1.165) is 34.3 Å². The molecule has 3 aromatic carbocycles. The molecule has 0 amide bonds. The number of fused-ring (bicyclic) bond motifs is 2. The van der Waals surface area contributed by atoms with E-state index in [-0.39, 0.29) is 0 Å². The highest BCUT2D eigenvalue weighted by atomic mass is 32.2. The fraction of sp³-hybridized carbons (Fsp3) is 0.0870. The van der Waals surface area contributed by atoms with E-state index in [1.165, 1.54) is 5.39 Å². The number of hydrogen-bond donors (Lipinski definition) is 2. The second-order valence-corrected chi connectivity index (χ2v) is 9.21. The zero-order valence-electron chi connectivity index (χ0n) is 16.9. The van der Waals surface area contributed by atoms with Gasteiger partial charge in [-0.25, -0.2) is 13.1 Å². The van der Waals surface area contributed by atoms with Crippen molar-refractivity contribution < 1.29 is 8.42 Å². The lowest BCUT2D eigenvalue weighted by molar-refractivity contribution is 0.427. The van der Waals surface area contributed by atoms with Gasteiger partial charge in [-0.2, -0.15) is 5.10 Å². The molecule has 0 aliphatic carbocycles. The van der Waals surface area contributed by atoms with Gasteiger partial charge >= 0.3 is 0 Å². The second-order valence-electron chi connectivity index (χ2n) is 7.46. The lowest BCUT2D eigenvalue weighted by Crippen LogP contribution is -2.27. The van der Waals surface area contributed by atoms with Gasteiger partial charge < -0.3 is 0 Å². The van der Waals surface area contributed by atoms with Crippen LogP contribution in [0.15, 0.2) is 79.1 Å². The van der Waals surface area contributed by atoms with Crippen molar-refractivity contribution in [1.29, 1.82) is 0 Å². The van der Waals surface area contributed by atoms with Crippen LogP contribution in [0.1, 0.15) is 11.3 Å². The summed E-state index contributed by atoms with van der Waals surface area (Å²) in [6.07, 6.45) is 7.02. The van der Waals surface area contributed by atoms with Crippen LogP contribution in [0.4, 0.5) is 11.4 Å². The average Bonchev–Trinajstić information content (AvgIpc) is 3.17. The fourth-order valence-electron chi connectivity index (χ4n) is 3.74. The first-order valence-electron chi connectivity index (χ1n) is 9.81. The molecule has 0 unspecified atom stereocenters. The van der Waals surface area contributed by atoms with Crippen molar-refractivity contribution in [3.05, 3.63) is 90.4 Å². The third kappa shape index (κ3) is 3.97. The van der Waals surface area contributed by atoms with Gasteiger partial charge in [-0.3, -0.25) is 15.2 Å². The van der Waals surface area contributed by atoms with Gasteiger partial charge in [0.15, 0.2) is 0 Å². The van der Waals surface area contributed by atoms with Crippen molar-refractivity contribution in [3.8, 4) is 5.69 Å². The van der Waals surface area contributed by atoms with Crippen LogP contribution in [-0.2, 0) is 16.6 Å². The van der Waals surface area contributed by atoms with Gasteiger partial charge in [0.05, 0.1) is 36.1 Å². The Labute approximate surface area is 180 Å². The largest absolute Gasteiger partial charge is 0.299 e. The molecule has 2 heterocycles. The molecule has 31 heavy (non-hydrogen) atoms. The Balaban J connectivity index is 1.39. The first-order valence-corrected chi connectivity index (χ1v) is 11.7. The summed E-state index contributed by atoms with van der Waals surface area (Å²) >= 11 is 0. The minimum Gasteiger partial charge on any atom is -0.299 e. The SMILES string of the molecule is CS(=O)(=O)Nc1ccc(NN2C=Cc3cnn(-c4cccc5ccccc45)c3C2)cc1. The number of benzene rings is 3. The lowest BCUT2D eigenvalue weighted by atomic mass is 10.1. The van der Waals surface area contributed by atoms with Crippen LogP contribution < -0.4 is 10.1 Å². The zero-order chi connectivity index (χ0) is 21.4. The van der Waals surface area contributed by atoms with E-state index in [9.17, 15) is 8.42 Å². The maximum atomic E-state index is 11.4. The summed E-state index contributed by atoms with van der Waals surface area (Å²) in [5.41, 5.74) is 7.94. The molecular formula is C23H21N5O2S. The predicted molar refractivity (Wildman–Crippen MR) is 124 cm³/mol. The summed E-state index contributed by atoms with van der Waals surface area (Å²) in [6.45, 7) is 0.623. The monoisotopic (exact) mass is 431 g/mol. The number of hydrogen-bond acceptors (Lipinski definition) is 5. The molecule has 0 fully saturated rings. The number of nitrogens with zero attached hydrogens (tertiary/aromatic N) is 3. The Hall–Kier alpha value is -3.78. The van der Waals surface area contributed by atoms with Crippen molar-refractivity contribution in [2.45, 2.75) is 6.54 Å². The third-order valence-electron chi connectivity index (χ3n) is 5.11. The molecule has 0 radical (unpaired) electrons. The number of sulfonamides is 1. The first-order chi connectivity index (χ1) is 15.0. The number of aromatic nitrogens is 2. The molecule has 5 rings (SSSR count). The number of hydrazine groups is 1. The van der Waals surface area contributed by atoms with Gasteiger partial charge in [-0.15, -0.1) is 0 Å².